The first kappa shape index (κ1) is 20.3. The van der Waals surface area contributed by atoms with Gasteiger partial charge in [0.25, 0.3) is 5.89 Å². The number of nitrogens with zero attached hydrogens (tertiary/aromatic N) is 3. The predicted octanol–water partition coefficient (Wildman–Crippen LogP) is 4.44. The number of esters is 1. The van der Waals surface area contributed by atoms with Crippen molar-refractivity contribution in [1.82, 2.24) is 15.1 Å². The maximum absolute atomic E-state index is 11.9. The minimum atomic E-state index is -0.178. The fourth-order valence-corrected chi connectivity index (χ4v) is 3.96. The van der Waals surface area contributed by atoms with Crippen molar-refractivity contribution in [3.63, 3.8) is 0 Å². The van der Waals surface area contributed by atoms with Crippen molar-refractivity contribution in [2.45, 2.75) is 39.7 Å². The van der Waals surface area contributed by atoms with Crippen molar-refractivity contribution in [2.75, 3.05) is 7.11 Å². The summed E-state index contributed by atoms with van der Waals surface area (Å²) in [4.78, 5) is 20.7. The van der Waals surface area contributed by atoms with Gasteiger partial charge in [-0.05, 0) is 56.4 Å². The molecule has 1 unspecified atom stereocenters. The number of hydrogen-bond donors (Lipinski definition) is 0. The molecular weight excluding hydrogens is 406 g/mol. The lowest BCUT2D eigenvalue weighted by Gasteiger charge is -2.09. The summed E-state index contributed by atoms with van der Waals surface area (Å²) in [5.74, 6) is 0.848. The van der Waals surface area contributed by atoms with E-state index in [4.69, 9.17) is 25.6 Å². The smallest absolute Gasteiger partial charge is 0.309 e. The van der Waals surface area contributed by atoms with Crippen molar-refractivity contribution in [2.24, 2.45) is 5.92 Å². The molecular formula is C22H22ClN3O4. The second-order valence-electron chi connectivity index (χ2n) is 7.60. The first-order valence-electron chi connectivity index (χ1n) is 9.73. The number of ether oxygens (including phenoxy) is 2. The summed E-state index contributed by atoms with van der Waals surface area (Å²) in [6.45, 7) is 5.82. The molecule has 8 heteroatoms. The molecule has 1 aliphatic carbocycles. The van der Waals surface area contributed by atoms with Gasteiger partial charge in [0.2, 0.25) is 11.7 Å². The fraction of sp³-hybridized carbons (Fsp3) is 0.364. The molecule has 156 valence electrons. The standard InChI is InChI=1S/C22H22ClN3O4/c1-11(2)29-21-18(23)9-15(10-24-21)20-25-19(26-30-20)16-6-5-13-7-14(22(27)28-4)8-17(13)12(16)3/h5-6,9-11,14H,7-8H2,1-4H3. The van der Waals surface area contributed by atoms with E-state index in [-0.39, 0.29) is 18.0 Å². The molecule has 2 aromatic heterocycles. The fourth-order valence-electron chi connectivity index (χ4n) is 3.75. The highest BCUT2D eigenvalue weighted by molar-refractivity contribution is 6.32. The molecule has 0 saturated carbocycles. The first-order valence-corrected chi connectivity index (χ1v) is 10.1. The molecule has 0 amide bonds. The Morgan fingerprint density at radius 2 is 2.10 bits per heavy atom. The van der Waals surface area contributed by atoms with Crippen LogP contribution in [0.5, 0.6) is 5.88 Å². The summed E-state index contributed by atoms with van der Waals surface area (Å²) in [5, 5.41) is 4.52. The number of hydrogen-bond acceptors (Lipinski definition) is 7. The van der Waals surface area contributed by atoms with E-state index in [1.807, 2.05) is 32.9 Å². The average molecular weight is 428 g/mol. The number of carbonyl (C=O) groups excluding carboxylic acids is 1. The zero-order valence-corrected chi connectivity index (χ0v) is 18.0. The van der Waals surface area contributed by atoms with E-state index < -0.39 is 0 Å². The molecule has 0 aliphatic heterocycles. The molecule has 0 N–H and O–H groups in total. The monoisotopic (exact) mass is 427 g/mol. The van der Waals surface area contributed by atoms with Crippen molar-refractivity contribution in [3.8, 4) is 28.7 Å². The van der Waals surface area contributed by atoms with Crippen LogP contribution >= 0.6 is 11.6 Å². The van der Waals surface area contributed by atoms with Crippen molar-refractivity contribution in [1.29, 1.82) is 0 Å². The summed E-state index contributed by atoms with van der Waals surface area (Å²) >= 11 is 6.27. The largest absolute Gasteiger partial charge is 0.474 e. The number of benzene rings is 1. The predicted molar refractivity (Wildman–Crippen MR) is 111 cm³/mol. The van der Waals surface area contributed by atoms with Gasteiger partial charge in [0.1, 0.15) is 5.02 Å². The van der Waals surface area contributed by atoms with Crippen LogP contribution in [0.3, 0.4) is 0 Å². The molecule has 0 spiro atoms. The van der Waals surface area contributed by atoms with Gasteiger partial charge in [0, 0.05) is 11.8 Å². The number of halogens is 1. The zero-order chi connectivity index (χ0) is 21.4. The number of methoxy groups -OCH3 is 1. The van der Waals surface area contributed by atoms with Crippen LogP contribution in [0, 0.1) is 12.8 Å². The number of aromatic nitrogens is 3. The van der Waals surface area contributed by atoms with E-state index in [9.17, 15) is 4.79 Å². The van der Waals surface area contributed by atoms with Gasteiger partial charge in [-0.15, -0.1) is 0 Å². The second kappa shape index (κ2) is 8.07. The molecule has 0 radical (unpaired) electrons. The van der Waals surface area contributed by atoms with E-state index in [0.717, 1.165) is 22.3 Å². The number of rotatable bonds is 5. The molecule has 1 atom stereocenters. The van der Waals surface area contributed by atoms with Gasteiger partial charge in [-0.3, -0.25) is 4.79 Å². The Hall–Kier alpha value is -2.93. The summed E-state index contributed by atoms with van der Waals surface area (Å²) in [6.07, 6.45) is 2.91. The zero-order valence-electron chi connectivity index (χ0n) is 17.2. The highest BCUT2D eigenvalue weighted by atomic mass is 35.5. The lowest BCUT2D eigenvalue weighted by molar-refractivity contribution is -0.145. The number of pyridine rings is 1. The highest BCUT2D eigenvalue weighted by Crippen LogP contribution is 2.35. The number of carbonyl (C=O) groups is 1. The third-order valence-electron chi connectivity index (χ3n) is 5.22. The van der Waals surface area contributed by atoms with Crippen LogP contribution in [-0.4, -0.2) is 34.3 Å². The third-order valence-corrected chi connectivity index (χ3v) is 5.49. The maximum atomic E-state index is 11.9. The molecule has 0 saturated heterocycles. The van der Waals surface area contributed by atoms with E-state index in [0.29, 0.717) is 41.0 Å². The van der Waals surface area contributed by atoms with Gasteiger partial charge < -0.3 is 14.0 Å². The Morgan fingerprint density at radius 3 is 2.80 bits per heavy atom. The molecule has 2 heterocycles. The maximum Gasteiger partial charge on any atom is 0.309 e. The van der Waals surface area contributed by atoms with Crippen LogP contribution in [0.25, 0.3) is 22.8 Å². The van der Waals surface area contributed by atoms with Gasteiger partial charge in [-0.1, -0.05) is 28.9 Å². The summed E-state index contributed by atoms with van der Waals surface area (Å²) in [5.41, 5.74) is 4.83. The average Bonchev–Trinajstić information content (AvgIpc) is 3.37. The van der Waals surface area contributed by atoms with Crippen molar-refractivity contribution >= 4 is 17.6 Å². The Morgan fingerprint density at radius 1 is 1.30 bits per heavy atom. The van der Waals surface area contributed by atoms with Crippen LogP contribution in [0.2, 0.25) is 5.02 Å². The first-order chi connectivity index (χ1) is 14.4. The summed E-state index contributed by atoms with van der Waals surface area (Å²) in [6, 6.07) is 5.68. The molecule has 3 aromatic rings. The Kier molecular flexibility index (Phi) is 5.47. The summed E-state index contributed by atoms with van der Waals surface area (Å²) < 4.78 is 15.9. The number of fused-ring (bicyclic) bond motifs is 1. The lowest BCUT2D eigenvalue weighted by atomic mass is 9.98. The van der Waals surface area contributed by atoms with Crippen LogP contribution in [0.15, 0.2) is 28.9 Å². The van der Waals surface area contributed by atoms with E-state index in [1.165, 1.54) is 7.11 Å². The van der Waals surface area contributed by atoms with Crippen LogP contribution in [-0.2, 0) is 22.4 Å². The third kappa shape index (κ3) is 3.77. The minimum Gasteiger partial charge on any atom is -0.474 e. The molecule has 0 bridgehead atoms. The Balaban J connectivity index is 1.61. The van der Waals surface area contributed by atoms with Gasteiger partial charge in [-0.25, -0.2) is 4.98 Å². The molecule has 0 fully saturated rings. The van der Waals surface area contributed by atoms with E-state index in [2.05, 4.69) is 15.1 Å². The van der Waals surface area contributed by atoms with E-state index in [1.54, 1.807) is 12.3 Å². The van der Waals surface area contributed by atoms with Gasteiger partial charge >= 0.3 is 5.97 Å². The van der Waals surface area contributed by atoms with Crippen LogP contribution in [0.1, 0.15) is 30.5 Å². The molecule has 4 rings (SSSR count). The summed E-state index contributed by atoms with van der Waals surface area (Å²) in [7, 11) is 1.42. The molecule has 1 aromatic carbocycles. The second-order valence-corrected chi connectivity index (χ2v) is 8.01. The minimum absolute atomic E-state index is 0.0302. The molecule has 7 nitrogen and oxygen atoms in total. The van der Waals surface area contributed by atoms with Crippen molar-refractivity contribution < 1.29 is 18.8 Å². The van der Waals surface area contributed by atoms with Gasteiger partial charge in [0.15, 0.2) is 0 Å². The molecule has 1 aliphatic rings. The molecule has 30 heavy (non-hydrogen) atoms. The van der Waals surface area contributed by atoms with E-state index >= 15 is 0 Å². The Bertz CT molecular complexity index is 1110. The topological polar surface area (TPSA) is 87.3 Å². The normalized spacial score (nSPS) is 15.3. The van der Waals surface area contributed by atoms with Gasteiger partial charge in [0.05, 0.1) is 24.7 Å². The Labute approximate surface area is 179 Å². The quantitative estimate of drug-likeness (QED) is 0.556. The van der Waals surface area contributed by atoms with Crippen LogP contribution in [0.4, 0.5) is 0 Å². The lowest BCUT2D eigenvalue weighted by Crippen LogP contribution is -2.16. The van der Waals surface area contributed by atoms with Crippen molar-refractivity contribution in [3.05, 3.63) is 46.1 Å². The highest BCUT2D eigenvalue weighted by Gasteiger charge is 2.30. The SMILES string of the molecule is COC(=O)C1Cc2ccc(-c3noc(-c4cnc(OC(C)C)c(Cl)c4)n3)c(C)c2C1. The van der Waals surface area contributed by atoms with Gasteiger partial charge in [-0.2, -0.15) is 4.98 Å². The van der Waals surface area contributed by atoms with Crippen LogP contribution < -0.4 is 4.74 Å².